The average Bonchev–Trinajstić information content (AvgIpc) is 3.34. The van der Waals surface area contributed by atoms with Gasteiger partial charge in [0.1, 0.15) is 25.1 Å². The first-order valence-electron chi connectivity index (χ1n) is 10.6. The van der Waals surface area contributed by atoms with Crippen molar-refractivity contribution in [3.63, 3.8) is 0 Å². The number of rotatable bonds is 7. The van der Waals surface area contributed by atoms with Crippen molar-refractivity contribution in [1.29, 1.82) is 0 Å². The molecule has 4 rings (SSSR count). The molecule has 0 amide bonds. The zero-order valence-corrected chi connectivity index (χ0v) is 18.0. The lowest BCUT2D eigenvalue weighted by atomic mass is 10.2. The van der Waals surface area contributed by atoms with Gasteiger partial charge in [-0.1, -0.05) is 11.7 Å². The molecule has 0 radical (unpaired) electrons. The highest BCUT2D eigenvalue weighted by atomic mass is 16.6. The third kappa shape index (κ3) is 4.82. The summed E-state index contributed by atoms with van der Waals surface area (Å²) in [6, 6.07) is 8.61. The van der Waals surface area contributed by atoms with Gasteiger partial charge in [-0.05, 0) is 37.1 Å². The van der Waals surface area contributed by atoms with Crippen LogP contribution < -0.4 is 20.9 Å². The first-order chi connectivity index (χ1) is 15.2. The van der Waals surface area contributed by atoms with Crippen molar-refractivity contribution in [3.8, 4) is 0 Å². The smallest absolute Gasteiger partial charge is 0.143 e. The Morgan fingerprint density at radius 3 is 2.45 bits per heavy atom. The van der Waals surface area contributed by atoms with Gasteiger partial charge in [-0.2, -0.15) is 0 Å². The van der Waals surface area contributed by atoms with Crippen LogP contribution in [-0.2, 0) is 4.84 Å². The number of piperazine rings is 1. The normalized spacial score (nSPS) is 16.7. The van der Waals surface area contributed by atoms with Crippen LogP contribution in [0.4, 0.5) is 23.0 Å². The van der Waals surface area contributed by atoms with Crippen molar-refractivity contribution >= 4 is 29.2 Å². The number of hydrogen-bond acceptors (Lipinski definition) is 9. The van der Waals surface area contributed by atoms with Crippen LogP contribution in [0.3, 0.4) is 0 Å². The second kappa shape index (κ2) is 9.55. The third-order valence-corrected chi connectivity index (χ3v) is 5.77. The minimum absolute atomic E-state index is 0.386. The standard InChI is InChI=1S/C22H30N8O/c1-17(27-18-5-7-19(8-6-18)29-9-3-4-10-29)28-11-13-30(14-12-28)22-20(15-26-31-2)21(23)24-16-25-22/h5-8,15-16,27H,1,3-4,9-14H2,2H3,(H2,23,24,25)/b26-15-. The number of anilines is 4. The van der Waals surface area contributed by atoms with E-state index < -0.39 is 0 Å². The Bertz CT molecular complexity index is 916. The number of hydrogen-bond donors (Lipinski definition) is 2. The number of nitrogens with one attached hydrogen (secondary N) is 1. The average molecular weight is 423 g/mol. The van der Waals surface area contributed by atoms with E-state index in [2.05, 4.69) is 66.0 Å². The number of aromatic nitrogens is 2. The van der Waals surface area contributed by atoms with Crippen molar-refractivity contribution in [2.24, 2.45) is 5.16 Å². The molecule has 1 aromatic carbocycles. The van der Waals surface area contributed by atoms with E-state index in [9.17, 15) is 0 Å². The lowest BCUT2D eigenvalue weighted by Gasteiger charge is -2.38. The number of oxime groups is 1. The van der Waals surface area contributed by atoms with Crippen molar-refractivity contribution in [1.82, 2.24) is 14.9 Å². The first-order valence-corrected chi connectivity index (χ1v) is 10.6. The van der Waals surface area contributed by atoms with E-state index in [0.717, 1.165) is 56.6 Å². The van der Waals surface area contributed by atoms with Gasteiger partial charge in [-0.3, -0.25) is 0 Å². The lowest BCUT2D eigenvalue weighted by Crippen LogP contribution is -2.47. The summed E-state index contributed by atoms with van der Waals surface area (Å²) >= 11 is 0. The Kier molecular flexibility index (Phi) is 6.40. The Labute approximate surface area is 183 Å². The predicted molar refractivity (Wildman–Crippen MR) is 125 cm³/mol. The van der Waals surface area contributed by atoms with Gasteiger partial charge in [0.25, 0.3) is 0 Å². The van der Waals surface area contributed by atoms with Gasteiger partial charge in [0.2, 0.25) is 0 Å². The summed E-state index contributed by atoms with van der Waals surface area (Å²) in [6.07, 6.45) is 5.60. The Hall–Kier alpha value is -3.49. The Morgan fingerprint density at radius 2 is 1.77 bits per heavy atom. The van der Waals surface area contributed by atoms with E-state index in [1.165, 1.54) is 32.0 Å². The molecule has 2 saturated heterocycles. The van der Waals surface area contributed by atoms with Crippen LogP contribution in [-0.4, -0.2) is 67.5 Å². The summed E-state index contributed by atoms with van der Waals surface area (Å²) < 4.78 is 0. The van der Waals surface area contributed by atoms with E-state index in [1.807, 2.05) is 0 Å². The van der Waals surface area contributed by atoms with Gasteiger partial charge < -0.3 is 30.6 Å². The summed E-state index contributed by atoms with van der Waals surface area (Å²) in [7, 11) is 1.49. The second-order valence-electron chi connectivity index (χ2n) is 7.70. The fraction of sp³-hybridized carbons (Fsp3) is 0.409. The highest BCUT2D eigenvalue weighted by molar-refractivity contribution is 5.91. The largest absolute Gasteiger partial charge is 0.399 e. The highest BCUT2D eigenvalue weighted by Crippen LogP contribution is 2.24. The lowest BCUT2D eigenvalue weighted by molar-refractivity contribution is 0.215. The fourth-order valence-corrected chi connectivity index (χ4v) is 4.05. The molecule has 0 unspecified atom stereocenters. The second-order valence-corrected chi connectivity index (χ2v) is 7.70. The quantitative estimate of drug-likeness (QED) is 0.519. The molecule has 164 valence electrons. The molecule has 2 aromatic rings. The maximum atomic E-state index is 6.02. The maximum absolute atomic E-state index is 6.02. The number of benzene rings is 1. The molecule has 2 fully saturated rings. The van der Waals surface area contributed by atoms with E-state index in [-0.39, 0.29) is 0 Å². The zero-order chi connectivity index (χ0) is 21.6. The van der Waals surface area contributed by atoms with Crippen molar-refractivity contribution in [3.05, 3.63) is 48.6 Å². The van der Waals surface area contributed by atoms with Gasteiger partial charge in [0.15, 0.2) is 0 Å². The van der Waals surface area contributed by atoms with E-state index >= 15 is 0 Å². The van der Waals surface area contributed by atoms with Gasteiger partial charge in [-0.15, -0.1) is 0 Å². The van der Waals surface area contributed by atoms with Crippen LogP contribution in [0.5, 0.6) is 0 Å². The van der Waals surface area contributed by atoms with Crippen LogP contribution in [0.15, 0.2) is 48.1 Å². The molecule has 0 aliphatic carbocycles. The van der Waals surface area contributed by atoms with Gasteiger partial charge in [0.05, 0.1) is 17.6 Å². The van der Waals surface area contributed by atoms with Crippen LogP contribution in [0.2, 0.25) is 0 Å². The molecular formula is C22H30N8O. The predicted octanol–water partition coefficient (Wildman–Crippen LogP) is 2.34. The first kappa shape index (κ1) is 20.8. The van der Waals surface area contributed by atoms with Crippen LogP contribution >= 0.6 is 0 Å². The SMILES string of the molecule is C=C(Nc1ccc(N2CCCC2)cc1)N1CCN(c2ncnc(N)c2/C=N\OC)CC1. The minimum atomic E-state index is 0.386. The molecule has 1 aromatic heterocycles. The maximum Gasteiger partial charge on any atom is 0.143 e. The molecule has 31 heavy (non-hydrogen) atoms. The van der Waals surface area contributed by atoms with E-state index in [0.29, 0.717) is 11.4 Å². The number of nitrogens with two attached hydrogens (primary N) is 1. The zero-order valence-electron chi connectivity index (χ0n) is 18.0. The summed E-state index contributed by atoms with van der Waals surface area (Å²) in [5.41, 5.74) is 9.04. The summed E-state index contributed by atoms with van der Waals surface area (Å²) in [6.45, 7) is 9.78. The fourth-order valence-electron chi connectivity index (χ4n) is 4.05. The Morgan fingerprint density at radius 1 is 1.06 bits per heavy atom. The van der Waals surface area contributed by atoms with Gasteiger partial charge in [-0.25, -0.2) is 9.97 Å². The molecule has 2 aliphatic heterocycles. The van der Waals surface area contributed by atoms with Crippen molar-refractivity contribution < 1.29 is 4.84 Å². The highest BCUT2D eigenvalue weighted by Gasteiger charge is 2.22. The molecule has 0 bridgehead atoms. The number of nitrogen functional groups attached to an aromatic ring is 1. The molecule has 2 aliphatic rings. The van der Waals surface area contributed by atoms with Crippen LogP contribution in [0.25, 0.3) is 0 Å². The van der Waals surface area contributed by atoms with Crippen LogP contribution in [0.1, 0.15) is 18.4 Å². The molecule has 0 saturated carbocycles. The molecule has 0 atom stereocenters. The number of nitrogens with zero attached hydrogens (tertiary/aromatic N) is 6. The van der Waals surface area contributed by atoms with Crippen molar-refractivity contribution in [2.45, 2.75) is 12.8 Å². The van der Waals surface area contributed by atoms with Crippen LogP contribution in [0, 0.1) is 0 Å². The molecular weight excluding hydrogens is 392 g/mol. The topological polar surface area (TPSA) is 95.1 Å². The minimum Gasteiger partial charge on any atom is -0.399 e. The van der Waals surface area contributed by atoms with E-state index in [1.54, 1.807) is 6.21 Å². The Balaban J connectivity index is 1.34. The molecule has 3 N–H and O–H groups in total. The molecule has 9 nitrogen and oxygen atoms in total. The molecule has 0 spiro atoms. The summed E-state index contributed by atoms with van der Waals surface area (Å²) in [5.74, 6) is 2.05. The molecule has 9 heteroatoms. The molecule has 3 heterocycles. The third-order valence-electron chi connectivity index (χ3n) is 5.77. The van der Waals surface area contributed by atoms with Gasteiger partial charge in [0, 0.05) is 50.6 Å². The van der Waals surface area contributed by atoms with E-state index in [4.69, 9.17) is 10.6 Å². The van der Waals surface area contributed by atoms with Crippen molar-refractivity contribution in [2.75, 3.05) is 67.2 Å². The monoisotopic (exact) mass is 422 g/mol. The van der Waals surface area contributed by atoms with Gasteiger partial charge >= 0.3 is 0 Å². The summed E-state index contributed by atoms with van der Waals surface area (Å²) in [5, 5.41) is 7.27. The summed E-state index contributed by atoms with van der Waals surface area (Å²) in [4.78, 5) is 20.1.